The summed E-state index contributed by atoms with van der Waals surface area (Å²) in [7, 11) is 0. The molecular formula is C19H29NO4. The second kappa shape index (κ2) is 12.2. The SMILES string of the molecule is CC(C)C.CC(C)c1ccc(ONO)cc1.Oc1ccc(O)cc1. The van der Waals surface area contributed by atoms with Gasteiger partial charge in [0.1, 0.15) is 17.2 Å². The van der Waals surface area contributed by atoms with E-state index in [9.17, 15) is 0 Å². The highest BCUT2D eigenvalue weighted by Gasteiger charge is 1.98. The molecule has 2 aromatic carbocycles. The zero-order valence-corrected chi connectivity index (χ0v) is 15.0. The highest BCUT2D eigenvalue weighted by Crippen LogP contribution is 2.17. The third kappa shape index (κ3) is 11.3. The lowest BCUT2D eigenvalue weighted by Gasteiger charge is -2.06. The Hall–Kier alpha value is -2.24. The molecule has 0 bridgehead atoms. The average Bonchev–Trinajstić information content (AvgIpc) is 2.51. The van der Waals surface area contributed by atoms with Gasteiger partial charge in [0.15, 0.2) is 0 Å². The van der Waals surface area contributed by atoms with Crippen molar-refractivity contribution in [2.75, 3.05) is 0 Å². The largest absolute Gasteiger partial charge is 0.508 e. The minimum atomic E-state index is 0.169. The Morgan fingerprint density at radius 3 is 1.42 bits per heavy atom. The van der Waals surface area contributed by atoms with Crippen LogP contribution in [-0.2, 0) is 0 Å². The van der Waals surface area contributed by atoms with Crippen LogP contribution in [0.4, 0.5) is 0 Å². The predicted molar refractivity (Wildman–Crippen MR) is 96.4 cm³/mol. The second-order valence-corrected chi connectivity index (χ2v) is 6.17. The van der Waals surface area contributed by atoms with Crippen molar-refractivity contribution in [2.45, 2.75) is 40.5 Å². The summed E-state index contributed by atoms with van der Waals surface area (Å²) in [5.74, 6) is 2.29. The molecule has 24 heavy (non-hydrogen) atoms. The number of phenols is 2. The van der Waals surface area contributed by atoms with Gasteiger partial charge in [0.05, 0.1) is 0 Å². The average molecular weight is 335 g/mol. The van der Waals surface area contributed by atoms with Gasteiger partial charge < -0.3 is 15.1 Å². The molecule has 5 nitrogen and oxygen atoms in total. The summed E-state index contributed by atoms with van der Waals surface area (Å²) in [6.07, 6.45) is 0. The van der Waals surface area contributed by atoms with Crippen LogP contribution in [0.2, 0.25) is 0 Å². The van der Waals surface area contributed by atoms with Gasteiger partial charge in [0.2, 0.25) is 0 Å². The van der Waals surface area contributed by atoms with E-state index in [0.29, 0.717) is 11.7 Å². The molecule has 0 saturated carbocycles. The maximum Gasteiger partial charge on any atom is 0.150 e. The van der Waals surface area contributed by atoms with Crippen molar-refractivity contribution in [3.8, 4) is 17.2 Å². The first-order valence-corrected chi connectivity index (χ1v) is 7.90. The van der Waals surface area contributed by atoms with Crippen molar-refractivity contribution in [3.63, 3.8) is 0 Å². The van der Waals surface area contributed by atoms with Crippen LogP contribution in [-0.4, -0.2) is 15.4 Å². The Labute approximate surface area is 144 Å². The van der Waals surface area contributed by atoms with Crippen LogP contribution in [0, 0.1) is 5.92 Å². The van der Waals surface area contributed by atoms with Crippen LogP contribution < -0.4 is 10.5 Å². The molecule has 0 spiro atoms. The van der Waals surface area contributed by atoms with E-state index in [2.05, 4.69) is 39.5 Å². The van der Waals surface area contributed by atoms with E-state index in [1.807, 2.05) is 12.1 Å². The maximum atomic E-state index is 8.65. The van der Waals surface area contributed by atoms with Gasteiger partial charge in [-0.15, -0.1) is 0 Å². The number of nitrogens with one attached hydrogen (secondary N) is 1. The van der Waals surface area contributed by atoms with E-state index >= 15 is 0 Å². The summed E-state index contributed by atoms with van der Waals surface area (Å²) >= 11 is 0. The van der Waals surface area contributed by atoms with Gasteiger partial charge in [-0.05, 0) is 59.4 Å². The van der Waals surface area contributed by atoms with Gasteiger partial charge >= 0.3 is 0 Å². The number of aromatic hydroxyl groups is 2. The summed E-state index contributed by atoms with van der Waals surface area (Å²) in [6, 6.07) is 13.3. The Balaban J connectivity index is 0.000000379. The van der Waals surface area contributed by atoms with Gasteiger partial charge in [0, 0.05) is 0 Å². The Bertz CT molecular complexity index is 513. The summed E-state index contributed by atoms with van der Waals surface area (Å²) in [5.41, 5.74) is 2.88. The highest BCUT2D eigenvalue weighted by molar-refractivity contribution is 5.29. The van der Waals surface area contributed by atoms with Gasteiger partial charge in [-0.1, -0.05) is 46.8 Å². The van der Waals surface area contributed by atoms with E-state index in [0.717, 1.165) is 5.92 Å². The normalized spacial score (nSPS) is 9.67. The van der Waals surface area contributed by atoms with Crippen molar-refractivity contribution in [1.82, 2.24) is 5.64 Å². The molecule has 0 unspecified atom stereocenters. The molecule has 0 aliphatic rings. The van der Waals surface area contributed by atoms with Crippen molar-refractivity contribution >= 4 is 0 Å². The minimum absolute atomic E-state index is 0.169. The summed E-state index contributed by atoms with van der Waals surface area (Å²) in [4.78, 5) is 4.65. The van der Waals surface area contributed by atoms with Gasteiger partial charge in [-0.3, -0.25) is 5.21 Å². The molecule has 0 radical (unpaired) electrons. The van der Waals surface area contributed by atoms with Gasteiger partial charge in [-0.25, -0.2) is 0 Å². The third-order valence-corrected chi connectivity index (χ3v) is 2.56. The molecule has 0 atom stereocenters. The molecule has 0 heterocycles. The summed E-state index contributed by atoms with van der Waals surface area (Å²) in [5, 5.41) is 25.5. The van der Waals surface area contributed by atoms with E-state index in [1.54, 1.807) is 17.8 Å². The first-order chi connectivity index (χ1) is 11.3. The Morgan fingerprint density at radius 2 is 1.12 bits per heavy atom. The molecular weight excluding hydrogens is 306 g/mol. The number of hydrogen-bond acceptors (Lipinski definition) is 5. The first-order valence-electron chi connectivity index (χ1n) is 7.90. The van der Waals surface area contributed by atoms with Crippen molar-refractivity contribution < 1.29 is 20.3 Å². The fraction of sp³-hybridized carbons (Fsp3) is 0.368. The lowest BCUT2D eigenvalue weighted by atomic mass is 10.0. The molecule has 0 aliphatic carbocycles. The molecule has 4 N–H and O–H groups in total. The van der Waals surface area contributed by atoms with E-state index in [-0.39, 0.29) is 11.5 Å². The van der Waals surface area contributed by atoms with Crippen LogP contribution in [0.15, 0.2) is 48.5 Å². The quantitative estimate of drug-likeness (QED) is 0.476. The van der Waals surface area contributed by atoms with Crippen molar-refractivity contribution in [2.24, 2.45) is 5.92 Å². The zero-order chi connectivity index (χ0) is 18.5. The van der Waals surface area contributed by atoms with Crippen LogP contribution >= 0.6 is 0 Å². The lowest BCUT2D eigenvalue weighted by Crippen LogP contribution is -2.11. The zero-order valence-electron chi connectivity index (χ0n) is 15.0. The molecule has 0 saturated heterocycles. The topological polar surface area (TPSA) is 82.0 Å². The van der Waals surface area contributed by atoms with Crippen LogP contribution in [0.25, 0.3) is 0 Å². The molecule has 5 heteroatoms. The first kappa shape index (κ1) is 21.8. The minimum Gasteiger partial charge on any atom is -0.508 e. The van der Waals surface area contributed by atoms with Crippen LogP contribution in [0.5, 0.6) is 17.2 Å². The molecule has 0 aromatic heterocycles. The van der Waals surface area contributed by atoms with Crippen molar-refractivity contribution in [3.05, 3.63) is 54.1 Å². The smallest absolute Gasteiger partial charge is 0.150 e. The maximum absolute atomic E-state index is 8.65. The molecule has 134 valence electrons. The van der Waals surface area contributed by atoms with Crippen LogP contribution in [0.3, 0.4) is 0 Å². The van der Waals surface area contributed by atoms with Crippen LogP contribution in [0.1, 0.15) is 46.1 Å². The van der Waals surface area contributed by atoms with E-state index in [1.165, 1.54) is 29.8 Å². The molecule has 0 amide bonds. The fourth-order valence-corrected chi connectivity index (χ4v) is 1.43. The molecule has 2 rings (SSSR count). The summed E-state index contributed by atoms with van der Waals surface area (Å²) in [6.45, 7) is 10.8. The molecule has 2 aromatic rings. The van der Waals surface area contributed by atoms with Crippen molar-refractivity contribution in [1.29, 1.82) is 0 Å². The standard InChI is InChI=1S/C9H13NO2.C6H6O2.C4H10/c1-7(2)8-3-5-9(6-4-8)12-10-11;7-5-1-2-6(8)4-3-5;1-4(2)3/h3-7,10-11H,1-2H3;1-4,7-8H;4H,1-3H3. The second-order valence-electron chi connectivity index (χ2n) is 6.17. The highest BCUT2D eigenvalue weighted by atomic mass is 16.8. The predicted octanol–water partition coefficient (Wildman–Crippen LogP) is 4.84. The van der Waals surface area contributed by atoms with Gasteiger partial charge in [0.25, 0.3) is 0 Å². The Kier molecular flexibility index (Phi) is 11.1. The number of phenolic OH excluding ortho intramolecular Hbond substituents is 2. The third-order valence-electron chi connectivity index (χ3n) is 2.56. The Morgan fingerprint density at radius 1 is 0.750 bits per heavy atom. The number of rotatable bonds is 3. The fourth-order valence-electron chi connectivity index (χ4n) is 1.43. The monoisotopic (exact) mass is 335 g/mol. The van der Waals surface area contributed by atoms with E-state index in [4.69, 9.17) is 15.4 Å². The van der Waals surface area contributed by atoms with E-state index < -0.39 is 0 Å². The molecule has 0 fully saturated rings. The number of benzene rings is 2. The number of hydrogen-bond donors (Lipinski definition) is 4. The van der Waals surface area contributed by atoms with Gasteiger partial charge in [-0.2, -0.15) is 0 Å². The summed E-state index contributed by atoms with van der Waals surface area (Å²) < 4.78 is 0. The molecule has 0 aliphatic heterocycles. The lowest BCUT2D eigenvalue weighted by molar-refractivity contribution is -0.0435.